The van der Waals surface area contributed by atoms with E-state index in [9.17, 15) is 14.7 Å². The van der Waals surface area contributed by atoms with Gasteiger partial charge in [-0.3, -0.25) is 14.6 Å². The van der Waals surface area contributed by atoms with Crippen LogP contribution in [0.4, 0.5) is 15.9 Å². The molecule has 0 radical (unpaired) electrons. The first-order chi connectivity index (χ1) is 38.3. The number of anilines is 2. The Morgan fingerprint density at radius 2 is 1.78 bits per heavy atom. The molecule has 3 saturated heterocycles. The van der Waals surface area contributed by atoms with Crippen LogP contribution >= 0.6 is 0 Å². The van der Waals surface area contributed by atoms with E-state index in [1.807, 2.05) is 81.4 Å². The molecule has 6 heterocycles. The number of aliphatic hydroxyl groups is 1. The number of benzene rings is 4. The molecule has 0 unspecified atom stereocenters. The Morgan fingerprint density at radius 1 is 1.00 bits per heavy atom. The SMILES string of the molecule is CO[C@@H](C)COc1nc(N2C[C@@H]3C[C@H]2CN3)c2cc(C3CC3)c(-c3c(C)c(F)cc(N)c3C=N)c(OCc3ccc(-c4cn([C@H](C(=O)N5CCC[C@H]5C(=O)N[C@@H](CO)c5ccc(-c6cccnc6)cc5)C(C)C)nn4)cc3)c2n1. The summed E-state index contributed by atoms with van der Waals surface area (Å²) in [7, 11) is 1.62. The van der Waals surface area contributed by atoms with Crippen LogP contribution in [0.25, 0.3) is 44.4 Å². The van der Waals surface area contributed by atoms with Gasteiger partial charge in [0.05, 0.1) is 24.9 Å². The average molecular weight is 1070 g/mol. The van der Waals surface area contributed by atoms with Crippen LogP contribution in [0, 0.1) is 24.1 Å². The van der Waals surface area contributed by atoms with Gasteiger partial charge in [0.2, 0.25) is 11.8 Å². The van der Waals surface area contributed by atoms with E-state index in [2.05, 4.69) is 36.9 Å². The van der Waals surface area contributed by atoms with Crippen molar-refractivity contribution in [2.75, 3.05) is 50.6 Å². The van der Waals surface area contributed by atoms with Crippen molar-refractivity contribution in [2.45, 2.75) is 109 Å². The summed E-state index contributed by atoms with van der Waals surface area (Å²) in [4.78, 5) is 46.8. The first kappa shape index (κ1) is 53.1. The van der Waals surface area contributed by atoms with Crippen molar-refractivity contribution in [1.29, 1.82) is 5.41 Å². The van der Waals surface area contributed by atoms with Crippen molar-refractivity contribution in [3.63, 3.8) is 0 Å². The Kier molecular flexibility index (Phi) is 15.1. The molecule has 4 fully saturated rings. The van der Waals surface area contributed by atoms with Crippen molar-refractivity contribution in [2.24, 2.45) is 5.92 Å². The lowest BCUT2D eigenvalue weighted by atomic mass is 9.87. The first-order valence-corrected chi connectivity index (χ1v) is 27.3. The summed E-state index contributed by atoms with van der Waals surface area (Å²) in [6.45, 7) is 9.50. The number of hydrogen-bond donors (Lipinski definition) is 5. The van der Waals surface area contributed by atoms with Gasteiger partial charge in [-0.2, -0.15) is 9.97 Å². The Morgan fingerprint density at radius 3 is 2.46 bits per heavy atom. The molecule has 2 bridgehead atoms. The van der Waals surface area contributed by atoms with E-state index in [0.29, 0.717) is 64.6 Å². The maximum Gasteiger partial charge on any atom is 0.319 e. The third kappa shape index (κ3) is 10.6. The van der Waals surface area contributed by atoms with Crippen LogP contribution in [0.2, 0.25) is 0 Å². The van der Waals surface area contributed by atoms with Gasteiger partial charge in [0.15, 0.2) is 5.75 Å². The quantitative estimate of drug-likeness (QED) is 0.0359. The normalized spacial score (nSPS) is 19.0. The second-order valence-electron chi connectivity index (χ2n) is 21.7. The standard InChI is InChI=1S/C60H67FN12O6/c1-33(2)55(59(76)71-21-7-9-51(71)58(75)66-50(30-74)40-18-14-37(15-19-40)41-8-6-20-64-26-41)73-29-49(69-70-73)39-12-10-36(11-13-39)32-78-56-53(52-35(4)47(61)24-48(63)46(52)25-62)44(38-16-17-38)23-45-54(56)67-60(79-31-34(3)77-5)68-57(45)72-28-42-22-43(72)27-65-42/h6,8,10-15,18-20,23-26,29,33-34,38,42-43,50-51,55,62,65,74H,7,9,16-17,21-22,27-28,30-32,63H2,1-5H3,(H,66,75)/t34-,42-,43-,50-,51-,55-/m0/s1. The zero-order valence-electron chi connectivity index (χ0n) is 45.2. The monoisotopic (exact) mass is 1070 g/mol. The summed E-state index contributed by atoms with van der Waals surface area (Å²) in [5, 5.41) is 35.4. The Hall–Kier alpha value is -7.87. The summed E-state index contributed by atoms with van der Waals surface area (Å²) < 4.78 is 36.4. The lowest BCUT2D eigenvalue weighted by Gasteiger charge is -2.30. The number of methoxy groups -OCH3 is 1. The maximum absolute atomic E-state index is 16.0. The molecule has 79 heavy (non-hydrogen) atoms. The van der Waals surface area contributed by atoms with E-state index in [1.54, 1.807) is 42.2 Å². The molecule has 4 aromatic carbocycles. The van der Waals surface area contributed by atoms with Gasteiger partial charge in [0.1, 0.15) is 48.1 Å². The minimum Gasteiger partial charge on any atom is -0.486 e. The number of hydrogen-bond acceptors (Lipinski definition) is 15. The van der Waals surface area contributed by atoms with Crippen LogP contribution < -0.4 is 30.7 Å². The van der Waals surface area contributed by atoms with Crippen molar-refractivity contribution in [3.05, 3.63) is 125 Å². The highest BCUT2D eigenvalue weighted by atomic mass is 19.1. The molecule has 1 aliphatic carbocycles. The molecule has 6 atom stereocenters. The minimum atomic E-state index is -0.743. The van der Waals surface area contributed by atoms with Gasteiger partial charge in [-0.1, -0.05) is 73.7 Å². The van der Waals surface area contributed by atoms with Crippen LogP contribution in [-0.4, -0.2) is 122 Å². The van der Waals surface area contributed by atoms with Crippen LogP contribution in [-0.2, 0) is 20.9 Å². The number of aliphatic hydroxyl groups excluding tert-OH is 1. The number of carbonyl (C=O) groups excluding carboxylic acids is 2. The van der Waals surface area contributed by atoms with E-state index in [1.165, 1.54) is 12.3 Å². The van der Waals surface area contributed by atoms with Gasteiger partial charge in [0.25, 0.3) is 0 Å². The highest BCUT2D eigenvalue weighted by Gasteiger charge is 2.42. The fourth-order valence-corrected chi connectivity index (χ4v) is 11.6. The number of rotatable bonds is 20. The van der Waals surface area contributed by atoms with Crippen LogP contribution in [0.5, 0.6) is 11.8 Å². The summed E-state index contributed by atoms with van der Waals surface area (Å²) >= 11 is 0. The summed E-state index contributed by atoms with van der Waals surface area (Å²) in [6.07, 6.45) is 10.2. The van der Waals surface area contributed by atoms with Gasteiger partial charge < -0.3 is 50.9 Å². The van der Waals surface area contributed by atoms with Crippen molar-refractivity contribution in [3.8, 4) is 45.3 Å². The Bertz CT molecular complexity index is 3390. The summed E-state index contributed by atoms with van der Waals surface area (Å²) in [5.74, 6) is 0.0754. The number of nitrogen functional groups attached to an aromatic ring is 1. The number of aromatic nitrogens is 6. The fourth-order valence-electron chi connectivity index (χ4n) is 11.6. The molecule has 3 aliphatic heterocycles. The first-order valence-electron chi connectivity index (χ1n) is 27.3. The van der Waals surface area contributed by atoms with Gasteiger partial charge in [-0.25, -0.2) is 9.07 Å². The predicted molar refractivity (Wildman–Crippen MR) is 299 cm³/mol. The van der Waals surface area contributed by atoms with E-state index >= 15 is 4.39 Å². The number of carbonyl (C=O) groups is 2. The maximum atomic E-state index is 16.0. The number of nitrogens with one attached hydrogen (secondary N) is 3. The topological polar surface area (TPSA) is 232 Å². The molecule has 11 rings (SSSR count). The molecule has 2 amide bonds. The highest BCUT2D eigenvalue weighted by Crippen LogP contribution is 2.53. The zero-order chi connectivity index (χ0) is 55.1. The Labute approximate surface area is 458 Å². The fraction of sp³-hybridized carbons (Fsp3) is 0.400. The third-order valence-corrected chi connectivity index (χ3v) is 16.1. The van der Waals surface area contributed by atoms with E-state index in [-0.39, 0.29) is 67.3 Å². The zero-order valence-corrected chi connectivity index (χ0v) is 45.2. The number of nitrogens with two attached hydrogens (primary N) is 1. The van der Waals surface area contributed by atoms with Crippen molar-refractivity contribution in [1.82, 2.24) is 45.5 Å². The molecular formula is C60H67FN12O6. The molecule has 410 valence electrons. The number of likely N-dealkylation sites (tertiary alicyclic amines) is 1. The Balaban J connectivity index is 0.866. The number of amides is 2. The lowest BCUT2D eigenvalue weighted by Crippen LogP contribution is -2.50. The van der Waals surface area contributed by atoms with Gasteiger partial charge in [0, 0.05) is 90.8 Å². The van der Waals surface area contributed by atoms with Crippen molar-refractivity contribution < 1.29 is 33.3 Å². The van der Waals surface area contributed by atoms with Crippen LogP contribution in [0.1, 0.15) is 98.7 Å². The van der Waals surface area contributed by atoms with Gasteiger partial charge in [-0.05, 0) is 109 Å². The van der Waals surface area contributed by atoms with Gasteiger partial charge >= 0.3 is 6.01 Å². The molecule has 0 spiro atoms. The predicted octanol–water partition coefficient (Wildman–Crippen LogP) is 8.10. The largest absolute Gasteiger partial charge is 0.486 e. The second kappa shape index (κ2) is 22.5. The molecule has 19 heteroatoms. The number of ether oxygens (including phenoxy) is 3. The molecular weight excluding hydrogens is 1000 g/mol. The lowest BCUT2D eigenvalue weighted by molar-refractivity contribution is -0.142. The molecule has 1 saturated carbocycles. The average Bonchev–Trinajstić information content (AvgIpc) is 4.02. The van der Waals surface area contributed by atoms with E-state index in [0.717, 1.165) is 76.9 Å². The van der Waals surface area contributed by atoms with Gasteiger partial charge in [-0.15, -0.1) is 5.10 Å². The number of nitrogens with zero attached hydrogens (tertiary/aromatic N) is 8. The molecule has 6 N–H and O–H groups in total. The van der Waals surface area contributed by atoms with Crippen molar-refractivity contribution >= 4 is 40.4 Å². The summed E-state index contributed by atoms with van der Waals surface area (Å²) in [5.41, 5.74) is 14.8. The molecule has 4 aliphatic rings. The second-order valence-corrected chi connectivity index (χ2v) is 21.7. The molecule has 3 aromatic heterocycles. The number of piperazine rings is 1. The minimum absolute atomic E-state index is 0.0908. The van der Waals surface area contributed by atoms with Crippen LogP contribution in [0.15, 0.2) is 91.4 Å². The van der Waals surface area contributed by atoms with E-state index < -0.39 is 23.9 Å². The third-order valence-electron chi connectivity index (χ3n) is 16.1. The number of fused-ring (bicyclic) bond motifs is 3. The molecule has 18 nitrogen and oxygen atoms in total. The highest BCUT2D eigenvalue weighted by molar-refractivity contribution is 6.05. The van der Waals surface area contributed by atoms with E-state index in [4.69, 9.17) is 35.3 Å². The smallest absolute Gasteiger partial charge is 0.319 e. The number of halogens is 1. The summed E-state index contributed by atoms with van der Waals surface area (Å²) in [6, 6.07) is 21.2. The molecule has 7 aromatic rings. The van der Waals surface area contributed by atoms with Crippen LogP contribution in [0.3, 0.4) is 0 Å². The number of pyridine rings is 1.